The zero-order valence-electron chi connectivity index (χ0n) is 13.8. The van der Waals surface area contributed by atoms with Crippen LogP contribution in [0.2, 0.25) is 10.0 Å². The number of ether oxygens (including phenoxy) is 2. The van der Waals surface area contributed by atoms with Gasteiger partial charge < -0.3 is 20.5 Å². The lowest BCUT2D eigenvalue weighted by atomic mass is 10.2. The molecule has 0 heterocycles. The molecular formula is C17H15Cl2FN2O4. The van der Waals surface area contributed by atoms with E-state index in [0.717, 1.165) is 12.1 Å². The van der Waals surface area contributed by atoms with Crippen molar-refractivity contribution in [3.63, 3.8) is 0 Å². The van der Waals surface area contributed by atoms with Gasteiger partial charge in [0.25, 0.3) is 5.91 Å². The number of hydrogen-bond acceptors (Lipinski definition) is 5. The number of rotatable bonds is 5. The highest BCUT2D eigenvalue weighted by Crippen LogP contribution is 2.29. The molecule has 0 fully saturated rings. The van der Waals surface area contributed by atoms with Crippen molar-refractivity contribution in [1.29, 1.82) is 0 Å². The Hall–Kier alpha value is -2.51. The fourth-order valence-corrected chi connectivity index (χ4v) is 2.38. The zero-order valence-corrected chi connectivity index (χ0v) is 15.3. The lowest BCUT2D eigenvalue weighted by Crippen LogP contribution is -2.30. The number of halogens is 3. The van der Waals surface area contributed by atoms with E-state index in [1.54, 1.807) is 0 Å². The van der Waals surface area contributed by atoms with Crippen molar-refractivity contribution in [1.82, 2.24) is 0 Å². The van der Waals surface area contributed by atoms with Crippen LogP contribution >= 0.6 is 23.2 Å². The maximum Gasteiger partial charge on any atom is 0.342 e. The van der Waals surface area contributed by atoms with Gasteiger partial charge >= 0.3 is 5.97 Å². The van der Waals surface area contributed by atoms with Crippen LogP contribution in [0.25, 0.3) is 0 Å². The minimum Gasteiger partial charge on any atom is -0.496 e. The van der Waals surface area contributed by atoms with Crippen LogP contribution in [-0.2, 0) is 9.53 Å². The smallest absolute Gasteiger partial charge is 0.342 e. The normalized spacial score (nSPS) is 11.6. The summed E-state index contributed by atoms with van der Waals surface area (Å²) in [5.41, 5.74) is 6.10. The van der Waals surface area contributed by atoms with Gasteiger partial charge in [-0.25, -0.2) is 9.18 Å². The SMILES string of the molecule is COc1cc(N)c(Cl)cc1C(=O)O[C@H](C)C(=O)Nc1ccc(F)cc1Cl. The van der Waals surface area contributed by atoms with Gasteiger partial charge in [-0.2, -0.15) is 0 Å². The third-order valence-electron chi connectivity index (χ3n) is 3.38. The van der Waals surface area contributed by atoms with Crippen LogP contribution in [0.15, 0.2) is 30.3 Å². The predicted molar refractivity (Wildman–Crippen MR) is 97.3 cm³/mol. The molecule has 0 aliphatic heterocycles. The molecule has 0 aliphatic rings. The van der Waals surface area contributed by atoms with Gasteiger partial charge in [0.1, 0.15) is 17.1 Å². The van der Waals surface area contributed by atoms with Crippen LogP contribution < -0.4 is 15.8 Å². The van der Waals surface area contributed by atoms with E-state index in [1.165, 1.54) is 32.2 Å². The van der Waals surface area contributed by atoms with Crippen LogP contribution in [0.5, 0.6) is 5.75 Å². The van der Waals surface area contributed by atoms with Crippen LogP contribution in [-0.4, -0.2) is 25.1 Å². The number of hydrogen-bond donors (Lipinski definition) is 2. The molecule has 1 amide bonds. The molecule has 138 valence electrons. The molecule has 0 aliphatic carbocycles. The molecule has 2 aromatic carbocycles. The van der Waals surface area contributed by atoms with Crippen LogP contribution in [0.3, 0.4) is 0 Å². The summed E-state index contributed by atoms with van der Waals surface area (Å²) >= 11 is 11.8. The predicted octanol–water partition coefficient (Wildman–Crippen LogP) is 3.91. The summed E-state index contributed by atoms with van der Waals surface area (Å²) in [6.45, 7) is 1.37. The van der Waals surface area contributed by atoms with E-state index in [2.05, 4.69) is 5.32 Å². The van der Waals surface area contributed by atoms with E-state index >= 15 is 0 Å². The maximum atomic E-state index is 13.0. The van der Waals surface area contributed by atoms with E-state index in [-0.39, 0.29) is 32.7 Å². The molecule has 2 rings (SSSR count). The minimum atomic E-state index is -1.16. The third kappa shape index (κ3) is 4.56. The molecule has 0 radical (unpaired) electrons. The second-order valence-corrected chi connectivity index (χ2v) is 6.05. The number of carbonyl (C=O) groups is 2. The summed E-state index contributed by atoms with van der Waals surface area (Å²) < 4.78 is 23.2. The lowest BCUT2D eigenvalue weighted by molar-refractivity contribution is -0.123. The third-order valence-corrected chi connectivity index (χ3v) is 4.02. The average Bonchev–Trinajstić information content (AvgIpc) is 2.59. The van der Waals surface area contributed by atoms with Crippen LogP contribution in [0, 0.1) is 5.82 Å². The average molecular weight is 401 g/mol. The van der Waals surface area contributed by atoms with Gasteiger partial charge in [0.2, 0.25) is 0 Å². The lowest BCUT2D eigenvalue weighted by Gasteiger charge is -2.16. The highest BCUT2D eigenvalue weighted by Gasteiger charge is 2.23. The monoisotopic (exact) mass is 400 g/mol. The van der Waals surface area contributed by atoms with Crippen LogP contribution in [0.1, 0.15) is 17.3 Å². The first-order valence-corrected chi connectivity index (χ1v) is 8.08. The van der Waals surface area contributed by atoms with E-state index in [1.807, 2.05) is 0 Å². The molecule has 1 atom stereocenters. The standard InChI is InChI=1S/C17H15Cl2FN2O4/c1-8(16(23)22-14-4-3-9(20)5-12(14)19)26-17(24)10-6-11(18)13(21)7-15(10)25-2/h3-8H,21H2,1-2H3,(H,22,23)/t8-/m1/s1. The Kier molecular flexibility index (Phi) is 6.28. The van der Waals surface area contributed by atoms with Gasteiger partial charge in [-0.15, -0.1) is 0 Å². The number of nitrogens with one attached hydrogen (secondary N) is 1. The number of amides is 1. The van der Waals surface area contributed by atoms with E-state index in [4.69, 9.17) is 38.4 Å². The quantitative estimate of drug-likeness (QED) is 0.586. The van der Waals surface area contributed by atoms with E-state index in [9.17, 15) is 14.0 Å². The summed E-state index contributed by atoms with van der Waals surface area (Å²) in [6.07, 6.45) is -1.16. The second-order valence-electron chi connectivity index (χ2n) is 5.23. The number of esters is 1. The minimum absolute atomic E-state index is 0.0175. The van der Waals surface area contributed by atoms with Gasteiger partial charge in [0, 0.05) is 6.07 Å². The molecule has 0 saturated carbocycles. The molecule has 0 saturated heterocycles. The number of nitrogens with two attached hydrogens (primary N) is 1. The number of nitrogen functional groups attached to an aromatic ring is 1. The molecular weight excluding hydrogens is 386 g/mol. The number of anilines is 2. The Balaban J connectivity index is 2.11. The Morgan fingerprint density at radius 3 is 2.50 bits per heavy atom. The van der Waals surface area contributed by atoms with Crippen molar-refractivity contribution in [3.8, 4) is 5.75 Å². The summed E-state index contributed by atoms with van der Waals surface area (Å²) in [6, 6.07) is 6.16. The van der Waals surface area contributed by atoms with Gasteiger partial charge in [-0.05, 0) is 31.2 Å². The van der Waals surface area contributed by atoms with Gasteiger partial charge in [-0.1, -0.05) is 23.2 Å². The van der Waals surface area contributed by atoms with Crippen LogP contribution in [0.4, 0.5) is 15.8 Å². The Labute approximate surface area is 159 Å². The highest BCUT2D eigenvalue weighted by molar-refractivity contribution is 6.34. The summed E-state index contributed by atoms with van der Waals surface area (Å²) in [4.78, 5) is 24.5. The van der Waals surface area contributed by atoms with Crippen molar-refractivity contribution in [2.24, 2.45) is 0 Å². The Bertz CT molecular complexity index is 861. The Morgan fingerprint density at radius 2 is 1.88 bits per heavy atom. The molecule has 0 spiro atoms. The topological polar surface area (TPSA) is 90.7 Å². The second kappa shape index (κ2) is 8.25. The Morgan fingerprint density at radius 1 is 1.19 bits per heavy atom. The van der Waals surface area contributed by atoms with Gasteiger partial charge in [0.05, 0.1) is 28.5 Å². The summed E-state index contributed by atoms with van der Waals surface area (Å²) in [5, 5.41) is 2.61. The molecule has 0 aromatic heterocycles. The number of carbonyl (C=O) groups excluding carboxylic acids is 2. The van der Waals surface area contributed by atoms with Crippen molar-refractivity contribution in [2.45, 2.75) is 13.0 Å². The van der Waals surface area contributed by atoms with Gasteiger partial charge in [-0.3, -0.25) is 4.79 Å². The molecule has 9 heteroatoms. The van der Waals surface area contributed by atoms with Crippen molar-refractivity contribution < 1.29 is 23.5 Å². The molecule has 26 heavy (non-hydrogen) atoms. The number of methoxy groups -OCH3 is 1. The largest absolute Gasteiger partial charge is 0.496 e. The first-order valence-electron chi connectivity index (χ1n) is 7.32. The first-order chi connectivity index (χ1) is 12.2. The van der Waals surface area contributed by atoms with E-state index < -0.39 is 23.8 Å². The van der Waals surface area contributed by atoms with Crippen molar-refractivity contribution in [2.75, 3.05) is 18.2 Å². The highest BCUT2D eigenvalue weighted by atomic mass is 35.5. The first kappa shape index (κ1) is 19.8. The molecule has 2 aromatic rings. The maximum absolute atomic E-state index is 13.0. The van der Waals surface area contributed by atoms with Crippen molar-refractivity contribution >= 4 is 46.5 Å². The van der Waals surface area contributed by atoms with Crippen molar-refractivity contribution in [3.05, 3.63) is 51.8 Å². The summed E-state index contributed by atoms with van der Waals surface area (Å²) in [5.74, 6) is -1.85. The molecule has 6 nitrogen and oxygen atoms in total. The fraction of sp³-hybridized carbons (Fsp3) is 0.176. The van der Waals surface area contributed by atoms with Gasteiger partial charge in [0.15, 0.2) is 6.10 Å². The van der Waals surface area contributed by atoms with E-state index in [0.29, 0.717) is 0 Å². The zero-order chi connectivity index (χ0) is 19.4. The number of benzene rings is 2. The summed E-state index contributed by atoms with van der Waals surface area (Å²) in [7, 11) is 1.35. The molecule has 3 N–H and O–H groups in total. The molecule has 0 unspecified atom stereocenters. The fourth-order valence-electron chi connectivity index (χ4n) is 2.00. The molecule has 0 bridgehead atoms.